The molecule has 0 N–H and O–H groups in total. The van der Waals surface area contributed by atoms with E-state index in [1.807, 2.05) is 0 Å². The second-order valence-corrected chi connectivity index (χ2v) is 3.28. The van der Waals surface area contributed by atoms with Crippen LogP contribution in [0.2, 0.25) is 0 Å². The third kappa shape index (κ3) is 2.60. The van der Waals surface area contributed by atoms with Crippen molar-refractivity contribution >= 4 is 5.88 Å². The van der Waals surface area contributed by atoms with Crippen molar-refractivity contribution in [2.75, 3.05) is 0 Å². The fraction of sp³-hybridized carbons (Fsp3) is 0.600. The molecule has 1 heterocycles. The molecule has 0 aromatic carbocycles. The van der Waals surface area contributed by atoms with E-state index >= 15 is 0 Å². The van der Waals surface area contributed by atoms with E-state index in [0.29, 0.717) is 0 Å². The summed E-state index contributed by atoms with van der Waals surface area (Å²) in [6.45, 7) is -0.583. The van der Waals surface area contributed by atoms with Crippen molar-refractivity contribution in [1.29, 1.82) is 0 Å². The van der Waals surface area contributed by atoms with E-state index < -0.39 is 33.5 Å². The standard InChI is InChI=1S/C5H5N7O8/c13-7-6-4-3-9(8-20-4)2-1-5(10(14)15,11(16)17)12(18)19/h3H,1-2H2. The first-order valence-corrected chi connectivity index (χ1v) is 4.68. The number of hydrogen-bond donors (Lipinski definition) is 0. The third-order valence-corrected chi connectivity index (χ3v) is 2.19. The highest BCUT2D eigenvalue weighted by Crippen LogP contribution is 2.18. The molecule has 0 unspecified atom stereocenters. The summed E-state index contributed by atoms with van der Waals surface area (Å²) in [6.07, 6.45) is -0.156. The van der Waals surface area contributed by atoms with E-state index in [4.69, 9.17) is 0 Å². The van der Waals surface area contributed by atoms with Crippen molar-refractivity contribution in [2.45, 2.75) is 18.8 Å². The second kappa shape index (κ2) is 5.59. The van der Waals surface area contributed by atoms with E-state index in [1.165, 1.54) is 0 Å². The first-order valence-electron chi connectivity index (χ1n) is 4.68. The maximum atomic E-state index is 10.6. The lowest BCUT2D eigenvalue weighted by Gasteiger charge is -2.06. The van der Waals surface area contributed by atoms with Crippen LogP contribution in [-0.2, 0) is 6.54 Å². The molecule has 0 radical (unpaired) electrons. The van der Waals surface area contributed by atoms with E-state index in [-0.39, 0.29) is 5.88 Å². The predicted octanol–water partition coefficient (Wildman–Crippen LogP) is -0.477. The minimum absolute atomic E-state index is 0.367. The number of rotatable bonds is 8. The van der Waals surface area contributed by atoms with Gasteiger partial charge in [0.05, 0.1) is 0 Å². The van der Waals surface area contributed by atoms with Crippen LogP contribution < -0.4 is 4.68 Å². The van der Waals surface area contributed by atoms with Gasteiger partial charge in [0.1, 0.15) is 5.88 Å². The van der Waals surface area contributed by atoms with Gasteiger partial charge in [-0.2, -0.15) is 4.91 Å². The lowest BCUT2D eigenvalue weighted by molar-refractivity contribution is -0.975. The topological polar surface area (TPSA) is 203 Å². The molecule has 20 heavy (non-hydrogen) atoms. The second-order valence-electron chi connectivity index (χ2n) is 3.28. The summed E-state index contributed by atoms with van der Waals surface area (Å²) < 4.78 is 5.17. The zero-order chi connectivity index (χ0) is 15.3. The van der Waals surface area contributed by atoms with Gasteiger partial charge in [-0.15, -0.1) is 5.29 Å². The van der Waals surface area contributed by atoms with Gasteiger partial charge in [0.15, 0.2) is 20.0 Å². The summed E-state index contributed by atoms with van der Waals surface area (Å²) in [4.78, 5) is 36.9. The fourth-order valence-electron chi connectivity index (χ4n) is 1.20. The number of aromatic nitrogens is 2. The summed E-state index contributed by atoms with van der Waals surface area (Å²) in [5.74, 6) is -3.96. The Bertz CT molecular complexity index is 517. The Morgan fingerprint density at radius 2 is 1.85 bits per heavy atom. The smallest absolute Gasteiger partial charge is 0.498 e. The van der Waals surface area contributed by atoms with Crippen LogP contribution >= 0.6 is 0 Å². The Hall–Kier alpha value is -3.26. The number of nitrogens with zero attached hydrogens (tertiary/aromatic N) is 7. The molecular formula is C5H5N7O8. The largest absolute Gasteiger partial charge is 0.706 e. The Morgan fingerprint density at radius 1 is 1.30 bits per heavy atom. The average molecular weight is 291 g/mol. The predicted molar refractivity (Wildman–Crippen MR) is 53.8 cm³/mol. The van der Waals surface area contributed by atoms with E-state index in [1.54, 1.807) is 0 Å². The minimum atomic E-state index is -3.59. The Labute approximate surface area is 107 Å². The summed E-state index contributed by atoms with van der Waals surface area (Å²) in [5, 5.41) is 37.2. The molecule has 0 saturated carbocycles. The van der Waals surface area contributed by atoms with Crippen molar-refractivity contribution in [3.05, 3.63) is 46.9 Å². The van der Waals surface area contributed by atoms with Gasteiger partial charge in [-0.3, -0.25) is 30.3 Å². The van der Waals surface area contributed by atoms with Gasteiger partial charge in [0.25, 0.3) is 0 Å². The molecule has 108 valence electrons. The van der Waals surface area contributed by atoms with E-state index in [2.05, 4.69) is 20.5 Å². The van der Waals surface area contributed by atoms with Gasteiger partial charge < -0.3 is 9.95 Å². The molecule has 0 aliphatic rings. The summed E-state index contributed by atoms with van der Waals surface area (Å²) in [6, 6.07) is 0. The minimum Gasteiger partial charge on any atom is -0.498 e. The average Bonchev–Trinajstić information content (AvgIpc) is 2.76. The molecule has 1 rings (SSSR count). The highest BCUT2D eigenvalue weighted by Gasteiger charge is 2.70. The third-order valence-electron chi connectivity index (χ3n) is 2.19. The first-order chi connectivity index (χ1) is 9.34. The van der Waals surface area contributed by atoms with Gasteiger partial charge >= 0.3 is 5.79 Å². The summed E-state index contributed by atoms with van der Waals surface area (Å²) in [5.41, 5.74) is 2.89. The Balaban J connectivity index is 2.91. The molecule has 0 atom stereocenters. The lowest BCUT2D eigenvalue weighted by atomic mass is 10.2. The van der Waals surface area contributed by atoms with Crippen LogP contribution in [0.3, 0.4) is 0 Å². The number of aryl methyl sites for hydroxylation is 1. The molecule has 0 aliphatic carbocycles. The maximum absolute atomic E-state index is 10.6. The molecule has 15 heteroatoms. The van der Waals surface area contributed by atoms with Crippen molar-refractivity contribution in [2.24, 2.45) is 5.29 Å². The molecule has 1 aromatic rings. The molecule has 0 amide bonds. The van der Waals surface area contributed by atoms with Gasteiger partial charge in [-0.25, -0.2) is 0 Å². The molecule has 1 aromatic heterocycles. The van der Waals surface area contributed by atoms with Crippen LogP contribution in [0.5, 0.6) is 0 Å². The zero-order valence-electron chi connectivity index (χ0n) is 9.39. The number of hydrogen-bond acceptors (Lipinski definition) is 10. The van der Waals surface area contributed by atoms with Gasteiger partial charge in [0, 0.05) is 0 Å². The highest BCUT2D eigenvalue weighted by atomic mass is 16.7. The number of nitro groups is 3. The van der Waals surface area contributed by atoms with Gasteiger partial charge in [-0.1, -0.05) is 4.68 Å². The molecular weight excluding hydrogens is 286 g/mol. The van der Waals surface area contributed by atoms with Crippen LogP contribution in [0.25, 0.3) is 5.43 Å². The molecule has 0 bridgehead atoms. The zero-order valence-corrected chi connectivity index (χ0v) is 9.39. The maximum Gasteiger partial charge on any atom is 0.706 e. The summed E-state index contributed by atoms with van der Waals surface area (Å²) >= 11 is 0. The van der Waals surface area contributed by atoms with Crippen LogP contribution in [-0.4, -0.2) is 25.8 Å². The Kier molecular flexibility index (Phi) is 4.13. The normalized spacial score (nSPS) is 10.8. The fourth-order valence-corrected chi connectivity index (χ4v) is 1.20. The van der Waals surface area contributed by atoms with Crippen molar-refractivity contribution < 1.29 is 24.0 Å². The van der Waals surface area contributed by atoms with Crippen LogP contribution in [0.1, 0.15) is 6.42 Å². The van der Waals surface area contributed by atoms with Crippen LogP contribution in [0, 0.1) is 35.3 Å². The van der Waals surface area contributed by atoms with E-state index in [0.717, 1.165) is 10.9 Å². The SMILES string of the molecule is O=N[N-]c1c[n+](CCC([N+](=O)[O-])([N+](=O)[O-])[N+](=O)[O-])no1. The van der Waals surface area contributed by atoms with Crippen molar-refractivity contribution in [3.63, 3.8) is 0 Å². The van der Waals surface area contributed by atoms with E-state index in [9.17, 15) is 35.3 Å². The lowest BCUT2D eigenvalue weighted by Crippen LogP contribution is -2.55. The van der Waals surface area contributed by atoms with Gasteiger partial charge in [-0.05, 0) is 0 Å². The number of nitroso groups, excluding NO2 is 1. The molecule has 0 aliphatic heterocycles. The van der Waals surface area contributed by atoms with Gasteiger partial charge in [0.2, 0.25) is 19.2 Å². The molecule has 0 spiro atoms. The van der Waals surface area contributed by atoms with Crippen molar-refractivity contribution in [3.8, 4) is 0 Å². The van der Waals surface area contributed by atoms with Crippen LogP contribution in [0.4, 0.5) is 5.88 Å². The molecule has 0 saturated heterocycles. The highest BCUT2D eigenvalue weighted by molar-refractivity contribution is 5.27. The molecule has 15 nitrogen and oxygen atoms in total. The monoisotopic (exact) mass is 291 g/mol. The van der Waals surface area contributed by atoms with Crippen molar-refractivity contribution in [1.82, 2.24) is 5.27 Å². The first kappa shape index (κ1) is 14.8. The Morgan fingerprint density at radius 3 is 2.30 bits per heavy atom. The summed E-state index contributed by atoms with van der Waals surface area (Å²) in [7, 11) is 0. The van der Waals surface area contributed by atoms with Crippen LogP contribution in [0.15, 0.2) is 16.0 Å². The quantitative estimate of drug-likeness (QED) is 0.199. The molecule has 0 fully saturated rings.